The lowest BCUT2D eigenvalue weighted by Gasteiger charge is -2.22. The van der Waals surface area contributed by atoms with Crippen LogP contribution in [-0.2, 0) is 5.41 Å². The van der Waals surface area contributed by atoms with Gasteiger partial charge in [0.15, 0.2) is 0 Å². The van der Waals surface area contributed by atoms with Gasteiger partial charge < -0.3 is 10.6 Å². The van der Waals surface area contributed by atoms with Gasteiger partial charge in [-0.3, -0.25) is 0 Å². The van der Waals surface area contributed by atoms with E-state index in [9.17, 15) is 0 Å². The van der Waals surface area contributed by atoms with Crippen molar-refractivity contribution in [2.75, 3.05) is 24.5 Å². The second-order valence-corrected chi connectivity index (χ2v) is 6.59. The van der Waals surface area contributed by atoms with Crippen molar-refractivity contribution in [3.05, 3.63) is 29.8 Å². The summed E-state index contributed by atoms with van der Waals surface area (Å²) < 4.78 is 0. The molecule has 1 unspecified atom stereocenters. The molecule has 2 aliphatic rings. The van der Waals surface area contributed by atoms with E-state index in [0.29, 0.717) is 5.41 Å². The van der Waals surface area contributed by atoms with E-state index in [-0.39, 0.29) is 5.41 Å². The van der Waals surface area contributed by atoms with Crippen LogP contribution in [0.25, 0.3) is 0 Å². The summed E-state index contributed by atoms with van der Waals surface area (Å²) in [5.74, 6) is 0. The minimum absolute atomic E-state index is 0.233. The Bertz CT molecular complexity index is 429. The van der Waals surface area contributed by atoms with Crippen molar-refractivity contribution in [2.24, 2.45) is 11.1 Å². The summed E-state index contributed by atoms with van der Waals surface area (Å²) in [7, 11) is 0. The fraction of sp³-hybridized carbons (Fsp3) is 0.625. The van der Waals surface area contributed by atoms with E-state index in [1.807, 2.05) is 0 Å². The van der Waals surface area contributed by atoms with Gasteiger partial charge in [0.25, 0.3) is 0 Å². The van der Waals surface area contributed by atoms with Crippen molar-refractivity contribution in [1.82, 2.24) is 0 Å². The molecule has 2 fully saturated rings. The molecule has 98 valence electrons. The molecule has 0 aromatic heterocycles. The van der Waals surface area contributed by atoms with E-state index in [1.165, 1.54) is 43.6 Å². The minimum atomic E-state index is 0.233. The van der Waals surface area contributed by atoms with Gasteiger partial charge in [-0.25, -0.2) is 0 Å². The van der Waals surface area contributed by atoms with Crippen LogP contribution in [0.5, 0.6) is 0 Å². The lowest BCUT2D eigenvalue weighted by molar-refractivity contribution is 0.503. The molecule has 1 heterocycles. The first-order valence-corrected chi connectivity index (χ1v) is 7.15. The number of hydrogen-bond acceptors (Lipinski definition) is 2. The average Bonchev–Trinajstić information content (AvgIpc) is 2.78. The third-order valence-electron chi connectivity index (χ3n) is 5.15. The van der Waals surface area contributed by atoms with Crippen LogP contribution in [-0.4, -0.2) is 19.6 Å². The van der Waals surface area contributed by atoms with Crippen molar-refractivity contribution in [1.29, 1.82) is 0 Å². The van der Waals surface area contributed by atoms with E-state index in [4.69, 9.17) is 5.73 Å². The molecule has 0 spiro atoms. The van der Waals surface area contributed by atoms with Crippen molar-refractivity contribution in [3.8, 4) is 0 Å². The zero-order valence-corrected chi connectivity index (χ0v) is 11.6. The zero-order valence-electron chi connectivity index (χ0n) is 11.6. The van der Waals surface area contributed by atoms with Gasteiger partial charge in [0.2, 0.25) is 0 Å². The second kappa shape index (κ2) is 3.99. The monoisotopic (exact) mass is 244 g/mol. The van der Waals surface area contributed by atoms with Gasteiger partial charge in [0, 0.05) is 30.7 Å². The summed E-state index contributed by atoms with van der Waals surface area (Å²) in [6.07, 6.45) is 3.89. The Labute approximate surface area is 110 Å². The quantitative estimate of drug-likeness (QED) is 0.886. The third kappa shape index (κ3) is 1.66. The summed E-state index contributed by atoms with van der Waals surface area (Å²) in [6, 6.07) is 9.17. The Morgan fingerprint density at radius 3 is 2.11 bits per heavy atom. The lowest BCUT2D eigenvalue weighted by atomic mass is 9.88. The van der Waals surface area contributed by atoms with Gasteiger partial charge in [-0.2, -0.15) is 0 Å². The van der Waals surface area contributed by atoms with E-state index in [0.717, 1.165) is 6.54 Å². The van der Waals surface area contributed by atoms with Gasteiger partial charge in [0.1, 0.15) is 0 Å². The SMILES string of the molecule is CC1(C)CC1(CN)c1ccc(N2CCCC2)cc1. The van der Waals surface area contributed by atoms with Gasteiger partial charge in [-0.05, 0) is 42.4 Å². The van der Waals surface area contributed by atoms with Gasteiger partial charge in [-0.1, -0.05) is 26.0 Å². The number of benzene rings is 1. The van der Waals surface area contributed by atoms with Crippen LogP contribution < -0.4 is 10.6 Å². The summed E-state index contributed by atoms with van der Waals surface area (Å²) in [4.78, 5) is 2.48. The molecule has 1 aromatic rings. The summed E-state index contributed by atoms with van der Waals surface area (Å²) in [6.45, 7) is 7.85. The molecule has 2 heteroatoms. The first-order valence-electron chi connectivity index (χ1n) is 7.15. The van der Waals surface area contributed by atoms with Crippen molar-refractivity contribution >= 4 is 5.69 Å². The van der Waals surface area contributed by atoms with E-state index < -0.39 is 0 Å². The van der Waals surface area contributed by atoms with Crippen molar-refractivity contribution < 1.29 is 0 Å². The van der Waals surface area contributed by atoms with Crippen LogP contribution in [0.1, 0.15) is 38.7 Å². The molecule has 1 aromatic carbocycles. The summed E-state index contributed by atoms with van der Waals surface area (Å²) in [5.41, 5.74) is 9.44. The molecule has 3 rings (SSSR count). The van der Waals surface area contributed by atoms with Crippen molar-refractivity contribution in [3.63, 3.8) is 0 Å². The Morgan fingerprint density at radius 2 is 1.67 bits per heavy atom. The number of nitrogens with zero attached hydrogens (tertiary/aromatic N) is 1. The molecular weight excluding hydrogens is 220 g/mol. The summed E-state index contributed by atoms with van der Waals surface area (Å²) in [5, 5.41) is 0. The second-order valence-electron chi connectivity index (χ2n) is 6.59. The minimum Gasteiger partial charge on any atom is -0.372 e. The Kier molecular flexibility index (Phi) is 2.67. The standard InChI is InChI=1S/C16H24N2/c1-15(2)11-16(15,12-17)13-5-7-14(8-6-13)18-9-3-4-10-18/h5-8H,3-4,9-12,17H2,1-2H3. The molecule has 2 N–H and O–H groups in total. The fourth-order valence-corrected chi connectivity index (χ4v) is 3.64. The van der Waals surface area contributed by atoms with Gasteiger partial charge >= 0.3 is 0 Å². The molecule has 18 heavy (non-hydrogen) atoms. The molecule has 1 saturated heterocycles. The largest absolute Gasteiger partial charge is 0.372 e. The predicted molar refractivity (Wildman–Crippen MR) is 77.0 cm³/mol. The predicted octanol–water partition coefficient (Wildman–Crippen LogP) is 2.91. The maximum atomic E-state index is 6.03. The van der Waals surface area contributed by atoms with Crippen LogP contribution >= 0.6 is 0 Å². The highest BCUT2D eigenvalue weighted by atomic mass is 15.1. The summed E-state index contributed by atoms with van der Waals surface area (Å²) >= 11 is 0. The van der Waals surface area contributed by atoms with Crippen molar-refractivity contribution in [2.45, 2.75) is 38.5 Å². The normalized spacial score (nSPS) is 29.6. The number of anilines is 1. The molecule has 1 saturated carbocycles. The first kappa shape index (κ1) is 12.0. The molecule has 0 bridgehead atoms. The zero-order chi connectivity index (χ0) is 12.8. The highest BCUT2D eigenvalue weighted by Crippen LogP contribution is 2.63. The van der Waals surface area contributed by atoms with Crippen LogP contribution in [0.4, 0.5) is 5.69 Å². The molecule has 2 nitrogen and oxygen atoms in total. The van der Waals surface area contributed by atoms with Gasteiger partial charge in [0.05, 0.1) is 0 Å². The highest BCUT2D eigenvalue weighted by molar-refractivity contribution is 5.51. The van der Waals surface area contributed by atoms with Crippen LogP contribution in [0, 0.1) is 5.41 Å². The van der Waals surface area contributed by atoms with E-state index in [1.54, 1.807) is 0 Å². The van der Waals surface area contributed by atoms with Gasteiger partial charge in [-0.15, -0.1) is 0 Å². The maximum absolute atomic E-state index is 6.03. The highest BCUT2D eigenvalue weighted by Gasteiger charge is 2.60. The Morgan fingerprint density at radius 1 is 1.11 bits per heavy atom. The first-order chi connectivity index (χ1) is 8.59. The number of rotatable bonds is 3. The topological polar surface area (TPSA) is 29.3 Å². The molecule has 1 atom stereocenters. The fourth-order valence-electron chi connectivity index (χ4n) is 3.64. The van der Waals surface area contributed by atoms with Crippen LogP contribution in [0.2, 0.25) is 0 Å². The average molecular weight is 244 g/mol. The Balaban J connectivity index is 1.83. The van der Waals surface area contributed by atoms with E-state index >= 15 is 0 Å². The third-order valence-corrected chi connectivity index (χ3v) is 5.15. The van der Waals surface area contributed by atoms with Crippen LogP contribution in [0.3, 0.4) is 0 Å². The lowest BCUT2D eigenvalue weighted by Crippen LogP contribution is -2.25. The molecular formula is C16H24N2. The molecule has 1 aliphatic carbocycles. The van der Waals surface area contributed by atoms with Crippen LogP contribution in [0.15, 0.2) is 24.3 Å². The number of hydrogen-bond donors (Lipinski definition) is 1. The van der Waals surface area contributed by atoms with E-state index in [2.05, 4.69) is 43.0 Å². The smallest absolute Gasteiger partial charge is 0.0366 e. The molecule has 0 radical (unpaired) electrons. The molecule has 0 amide bonds. The maximum Gasteiger partial charge on any atom is 0.0366 e. The Hall–Kier alpha value is -1.02. The molecule has 1 aliphatic heterocycles. The number of nitrogens with two attached hydrogens (primary N) is 1.